The molecule has 1 fully saturated rings. The van der Waals surface area contributed by atoms with Crippen molar-refractivity contribution >= 4 is 5.91 Å². The van der Waals surface area contributed by atoms with Crippen LogP contribution in [0.4, 0.5) is 0 Å². The van der Waals surface area contributed by atoms with Crippen molar-refractivity contribution < 1.29 is 9.69 Å². The van der Waals surface area contributed by atoms with E-state index in [0.29, 0.717) is 5.91 Å². The summed E-state index contributed by atoms with van der Waals surface area (Å²) < 4.78 is 0. The highest BCUT2D eigenvalue weighted by Gasteiger charge is 2.32. The van der Waals surface area contributed by atoms with E-state index in [2.05, 4.69) is 59.5 Å². The summed E-state index contributed by atoms with van der Waals surface area (Å²) in [5.41, 5.74) is 4.11. The van der Waals surface area contributed by atoms with Crippen LogP contribution < -0.4 is 4.90 Å². The monoisotopic (exact) mass is 335 g/mol. The van der Waals surface area contributed by atoms with Crippen LogP contribution in [-0.4, -0.2) is 30.4 Å². The van der Waals surface area contributed by atoms with Crippen molar-refractivity contribution in [2.75, 3.05) is 19.6 Å². The number of hydrogen-bond acceptors (Lipinski definition) is 1. The minimum absolute atomic E-state index is 0.192. The maximum atomic E-state index is 13.1. The molecule has 1 saturated heterocycles. The van der Waals surface area contributed by atoms with E-state index in [9.17, 15) is 4.79 Å². The van der Waals surface area contributed by atoms with Crippen LogP contribution >= 0.6 is 0 Å². The SMILES string of the molecule is O=C([C@H]1CCC[NH+](Cc2ccccc2)C1)N1CCc2ccccc2C1. The molecule has 2 heterocycles. The van der Waals surface area contributed by atoms with Gasteiger partial charge in [-0.3, -0.25) is 4.79 Å². The average molecular weight is 335 g/mol. The van der Waals surface area contributed by atoms with Crippen molar-refractivity contribution in [1.29, 1.82) is 0 Å². The number of nitrogens with one attached hydrogen (secondary N) is 1. The summed E-state index contributed by atoms with van der Waals surface area (Å²) in [6.07, 6.45) is 3.20. The summed E-state index contributed by atoms with van der Waals surface area (Å²) in [6.45, 7) is 4.86. The summed E-state index contributed by atoms with van der Waals surface area (Å²) in [6, 6.07) is 19.2. The first-order valence-electron chi connectivity index (χ1n) is 9.52. The lowest BCUT2D eigenvalue weighted by molar-refractivity contribution is -0.921. The molecule has 4 rings (SSSR count). The number of carbonyl (C=O) groups is 1. The topological polar surface area (TPSA) is 24.8 Å². The number of likely N-dealkylation sites (tertiary alicyclic amines) is 1. The van der Waals surface area contributed by atoms with Crippen LogP contribution in [0, 0.1) is 5.92 Å². The molecule has 2 aromatic rings. The number of hydrogen-bond donors (Lipinski definition) is 1. The Morgan fingerprint density at radius 3 is 2.64 bits per heavy atom. The van der Waals surface area contributed by atoms with E-state index in [4.69, 9.17) is 0 Å². The molecule has 0 saturated carbocycles. The molecule has 0 radical (unpaired) electrons. The van der Waals surface area contributed by atoms with Gasteiger partial charge in [0.2, 0.25) is 5.91 Å². The lowest BCUT2D eigenvalue weighted by Gasteiger charge is -2.35. The second kappa shape index (κ2) is 7.40. The second-order valence-corrected chi connectivity index (χ2v) is 7.48. The molecule has 2 aromatic carbocycles. The maximum absolute atomic E-state index is 13.1. The predicted molar refractivity (Wildman–Crippen MR) is 99.1 cm³/mol. The first kappa shape index (κ1) is 16.3. The van der Waals surface area contributed by atoms with Crippen molar-refractivity contribution in [2.45, 2.75) is 32.4 Å². The van der Waals surface area contributed by atoms with Crippen LogP contribution in [0.25, 0.3) is 0 Å². The zero-order valence-corrected chi connectivity index (χ0v) is 14.8. The normalized spacial score (nSPS) is 23.1. The average Bonchev–Trinajstić information content (AvgIpc) is 2.68. The molecule has 1 amide bonds. The number of benzene rings is 2. The molecule has 2 aliphatic rings. The predicted octanol–water partition coefficient (Wildman–Crippen LogP) is 2.07. The minimum atomic E-state index is 0.192. The van der Waals surface area contributed by atoms with Gasteiger partial charge in [0.15, 0.2) is 0 Å². The van der Waals surface area contributed by atoms with Crippen LogP contribution in [0.1, 0.15) is 29.5 Å². The van der Waals surface area contributed by atoms with Gasteiger partial charge in [0.05, 0.1) is 19.0 Å². The Kier molecular flexibility index (Phi) is 4.84. The molecule has 3 nitrogen and oxygen atoms in total. The molecule has 0 spiro atoms. The molecular formula is C22H27N2O+. The maximum Gasteiger partial charge on any atom is 0.231 e. The molecule has 0 aliphatic carbocycles. The highest BCUT2D eigenvalue weighted by Crippen LogP contribution is 2.21. The van der Waals surface area contributed by atoms with Crippen LogP contribution in [0.3, 0.4) is 0 Å². The first-order valence-corrected chi connectivity index (χ1v) is 9.52. The lowest BCUT2D eigenvalue weighted by atomic mass is 9.93. The molecular weight excluding hydrogens is 308 g/mol. The third-order valence-corrected chi connectivity index (χ3v) is 5.71. The Hall–Kier alpha value is -2.13. The van der Waals surface area contributed by atoms with E-state index in [1.54, 1.807) is 4.90 Å². The van der Waals surface area contributed by atoms with Crippen molar-refractivity contribution in [3.63, 3.8) is 0 Å². The van der Waals surface area contributed by atoms with Gasteiger partial charge in [0, 0.05) is 18.7 Å². The Morgan fingerprint density at radius 2 is 1.80 bits per heavy atom. The largest absolute Gasteiger partial charge is 0.338 e. The molecule has 0 aromatic heterocycles. The molecule has 3 heteroatoms. The quantitative estimate of drug-likeness (QED) is 0.912. The molecule has 130 valence electrons. The summed E-state index contributed by atoms with van der Waals surface area (Å²) >= 11 is 0. The van der Waals surface area contributed by atoms with E-state index < -0.39 is 0 Å². The number of carbonyl (C=O) groups excluding carboxylic acids is 1. The Morgan fingerprint density at radius 1 is 1.04 bits per heavy atom. The first-order chi connectivity index (χ1) is 12.3. The molecule has 1 unspecified atom stereocenters. The van der Waals surface area contributed by atoms with Gasteiger partial charge in [-0.2, -0.15) is 0 Å². The third kappa shape index (κ3) is 3.77. The van der Waals surface area contributed by atoms with Crippen molar-refractivity contribution in [2.24, 2.45) is 5.92 Å². The van der Waals surface area contributed by atoms with Gasteiger partial charge in [-0.15, -0.1) is 0 Å². The van der Waals surface area contributed by atoms with Crippen molar-refractivity contribution in [1.82, 2.24) is 4.90 Å². The standard InChI is InChI=1S/C22H26N2O/c25-22(24-14-12-19-9-4-5-10-20(19)17-24)21-11-6-13-23(16-21)15-18-7-2-1-3-8-18/h1-5,7-10,21H,6,11-17H2/p+1/t21-/m0/s1. The fourth-order valence-corrected chi connectivity index (χ4v) is 4.35. The van der Waals surface area contributed by atoms with Crippen molar-refractivity contribution in [3.8, 4) is 0 Å². The fourth-order valence-electron chi connectivity index (χ4n) is 4.35. The smallest absolute Gasteiger partial charge is 0.231 e. The number of amides is 1. The number of fused-ring (bicyclic) bond motifs is 1. The molecule has 1 N–H and O–H groups in total. The minimum Gasteiger partial charge on any atom is -0.338 e. The van der Waals surface area contributed by atoms with Crippen LogP contribution in [-0.2, 0) is 24.3 Å². The summed E-state index contributed by atoms with van der Waals surface area (Å²) in [4.78, 5) is 16.7. The molecule has 0 bridgehead atoms. The Balaban J connectivity index is 1.39. The summed E-state index contributed by atoms with van der Waals surface area (Å²) in [5.74, 6) is 0.567. The van der Waals surface area contributed by atoms with E-state index >= 15 is 0 Å². The van der Waals surface area contributed by atoms with Gasteiger partial charge in [-0.05, 0) is 30.4 Å². The van der Waals surface area contributed by atoms with Gasteiger partial charge < -0.3 is 9.80 Å². The van der Waals surface area contributed by atoms with Crippen LogP contribution in [0.2, 0.25) is 0 Å². The van der Waals surface area contributed by atoms with E-state index in [1.165, 1.54) is 23.2 Å². The fraction of sp³-hybridized carbons (Fsp3) is 0.409. The van der Waals surface area contributed by atoms with Crippen LogP contribution in [0.5, 0.6) is 0 Å². The second-order valence-electron chi connectivity index (χ2n) is 7.48. The number of nitrogens with zero attached hydrogens (tertiary/aromatic N) is 1. The van der Waals surface area contributed by atoms with Crippen molar-refractivity contribution in [3.05, 3.63) is 71.3 Å². The van der Waals surface area contributed by atoms with E-state index in [0.717, 1.165) is 45.4 Å². The Labute approximate surface area is 150 Å². The lowest BCUT2D eigenvalue weighted by Crippen LogP contribution is -3.12. The third-order valence-electron chi connectivity index (χ3n) is 5.71. The molecule has 2 aliphatic heterocycles. The Bertz CT molecular complexity index is 728. The highest BCUT2D eigenvalue weighted by molar-refractivity contribution is 5.79. The summed E-state index contributed by atoms with van der Waals surface area (Å²) in [5, 5.41) is 0. The van der Waals surface area contributed by atoms with Gasteiger partial charge in [0.25, 0.3) is 0 Å². The number of quaternary nitrogens is 1. The highest BCUT2D eigenvalue weighted by atomic mass is 16.2. The van der Waals surface area contributed by atoms with Crippen LogP contribution in [0.15, 0.2) is 54.6 Å². The summed E-state index contributed by atoms with van der Waals surface area (Å²) in [7, 11) is 0. The van der Waals surface area contributed by atoms with Gasteiger partial charge in [-0.1, -0.05) is 54.6 Å². The molecule has 2 atom stereocenters. The zero-order valence-electron chi connectivity index (χ0n) is 14.8. The zero-order chi connectivity index (χ0) is 17.1. The number of piperidine rings is 1. The molecule has 25 heavy (non-hydrogen) atoms. The van der Waals surface area contributed by atoms with E-state index in [-0.39, 0.29) is 5.92 Å². The van der Waals surface area contributed by atoms with Gasteiger partial charge in [-0.25, -0.2) is 0 Å². The van der Waals surface area contributed by atoms with Gasteiger partial charge in [0.1, 0.15) is 6.54 Å². The van der Waals surface area contributed by atoms with Gasteiger partial charge >= 0.3 is 0 Å². The van der Waals surface area contributed by atoms with E-state index in [1.807, 2.05) is 0 Å². The number of rotatable bonds is 3.